The monoisotopic (exact) mass is 274 g/mol. The summed E-state index contributed by atoms with van der Waals surface area (Å²) < 4.78 is 72.2. The van der Waals surface area contributed by atoms with Crippen molar-refractivity contribution in [1.82, 2.24) is 0 Å². The fourth-order valence-corrected chi connectivity index (χ4v) is 1.44. The van der Waals surface area contributed by atoms with Gasteiger partial charge in [-0.3, -0.25) is 4.79 Å². The first kappa shape index (κ1) is 13.9. The highest BCUT2D eigenvalue weighted by Gasteiger charge is 2.35. The quantitative estimate of drug-likeness (QED) is 0.717. The molecule has 0 bridgehead atoms. The largest absolute Gasteiger partial charge is 0.449 e. The van der Waals surface area contributed by atoms with Crippen LogP contribution in [0.3, 0.4) is 0 Å². The zero-order valence-corrected chi connectivity index (χ0v) is 8.71. The molecule has 0 aliphatic rings. The molecule has 0 spiro atoms. The maximum Gasteiger partial charge on any atom is 0.449 e. The molecule has 0 saturated heterocycles. The lowest BCUT2D eigenvalue weighted by atomic mass is 10.1. The molecule has 0 atom stereocenters. The summed E-state index contributed by atoms with van der Waals surface area (Å²) in [5, 5.41) is -1.47. The molecule has 0 heterocycles. The molecule has 0 saturated carbocycles. The van der Waals surface area contributed by atoms with Crippen LogP contribution in [0.2, 0.25) is 0 Å². The number of carbonyl (C=O) groups is 1. The van der Waals surface area contributed by atoms with Gasteiger partial charge in [0.2, 0.25) is 5.12 Å². The van der Waals surface area contributed by atoms with Crippen molar-refractivity contribution in [3.05, 3.63) is 35.4 Å². The van der Waals surface area contributed by atoms with Crippen LogP contribution in [-0.2, 0) is 6.18 Å². The molecule has 94 valence electrons. The van der Waals surface area contributed by atoms with Gasteiger partial charge in [-0.25, -0.2) is 0 Å². The smallest absolute Gasteiger partial charge is 0.281 e. The Morgan fingerprint density at radius 3 is 2.12 bits per heavy atom. The van der Waals surface area contributed by atoms with Crippen molar-refractivity contribution in [2.45, 2.75) is 11.7 Å². The van der Waals surface area contributed by atoms with Crippen molar-refractivity contribution in [2.75, 3.05) is 0 Å². The standard InChI is InChI=1S/C9H4F6OS/c10-8(11,12)6-3-1-2-5(4-6)7(16)17-9(13,14)15/h1-4H. The maximum absolute atomic E-state index is 12.2. The second-order valence-corrected chi connectivity index (χ2v) is 3.95. The van der Waals surface area contributed by atoms with E-state index in [1.165, 1.54) is 0 Å². The highest BCUT2D eigenvalue weighted by Crippen LogP contribution is 2.34. The molecule has 17 heavy (non-hydrogen) atoms. The van der Waals surface area contributed by atoms with E-state index in [1.54, 1.807) is 0 Å². The lowest BCUT2D eigenvalue weighted by Gasteiger charge is -2.08. The molecule has 0 radical (unpaired) electrons. The lowest BCUT2D eigenvalue weighted by molar-refractivity contribution is -0.137. The van der Waals surface area contributed by atoms with Crippen LogP contribution in [0, 0.1) is 0 Å². The molecule has 1 aromatic carbocycles. The third-order valence-electron chi connectivity index (χ3n) is 1.63. The van der Waals surface area contributed by atoms with Crippen LogP contribution in [0.25, 0.3) is 0 Å². The number of alkyl halides is 6. The Morgan fingerprint density at radius 2 is 1.65 bits per heavy atom. The Labute approximate surface area is 95.8 Å². The van der Waals surface area contributed by atoms with E-state index in [0.717, 1.165) is 12.1 Å². The molecule has 1 aromatic rings. The highest BCUT2D eigenvalue weighted by atomic mass is 32.2. The average molecular weight is 274 g/mol. The molecule has 0 unspecified atom stereocenters. The molecule has 1 rings (SSSR count). The third kappa shape index (κ3) is 4.29. The van der Waals surface area contributed by atoms with Crippen LogP contribution in [-0.4, -0.2) is 10.6 Å². The first-order valence-electron chi connectivity index (χ1n) is 4.07. The molecular weight excluding hydrogens is 270 g/mol. The Balaban J connectivity index is 2.97. The van der Waals surface area contributed by atoms with Crippen LogP contribution in [0.5, 0.6) is 0 Å². The molecular formula is C9H4F6OS. The first-order chi connectivity index (χ1) is 7.59. The van der Waals surface area contributed by atoms with Crippen molar-refractivity contribution < 1.29 is 31.1 Å². The second kappa shape index (κ2) is 4.59. The predicted molar refractivity (Wildman–Crippen MR) is 49.4 cm³/mol. The van der Waals surface area contributed by atoms with Crippen LogP contribution >= 0.6 is 11.8 Å². The van der Waals surface area contributed by atoms with Crippen molar-refractivity contribution in [3.63, 3.8) is 0 Å². The Kier molecular flexibility index (Phi) is 3.75. The Bertz CT molecular complexity index is 422. The summed E-state index contributed by atoms with van der Waals surface area (Å²) in [6.07, 6.45) is -4.70. The van der Waals surface area contributed by atoms with Crippen molar-refractivity contribution >= 4 is 16.9 Å². The Hall–Kier alpha value is -1.18. The molecule has 0 aromatic heterocycles. The number of hydrogen-bond donors (Lipinski definition) is 0. The predicted octanol–water partition coefficient (Wildman–Crippen LogP) is 4.10. The van der Waals surface area contributed by atoms with Gasteiger partial charge in [0.25, 0.3) is 0 Å². The second-order valence-electron chi connectivity index (χ2n) is 2.91. The number of carbonyl (C=O) groups excluding carboxylic acids is 1. The van der Waals surface area contributed by atoms with Gasteiger partial charge in [-0.05, 0) is 12.1 Å². The minimum absolute atomic E-state index is 0.390. The number of rotatable bonds is 1. The molecule has 0 N–H and O–H groups in total. The van der Waals surface area contributed by atoms with E-state index in [-0.39, 0.29) is 0 Å². The van der Waals surface area contributed by atoms with Gasteiger partial charge in [0.05, 0.1) is 5.56 Å². The van der Waals surface area contributed by atoms with Gasteiger partial charge in [0, 0.05) is 17.3 Å². The van der Waals surface area contributed by atoms with Crippen LogP contribution in [0.1, 0.15) is 15.9 Å². The molecule has 0 fully saturated rings. The SMILES string of the molecule is O=C(SC(F)(F)F)c1cccc(C(F)(F)F)c1. The van der Waals surface area contributed by atoms with Gasteiger partial charge >= 0.3 is 11.7 Å². The summed E-state index contributed by atoms with van der Waals surface area (Å²) in [5.41, 5.74) is -6.61. The van der Waals surface area contributed by atoms with Gasteiger partial charge < -0.3 is 0 Å². The van der Waals surface area contributed by atoms with E-state index in [4.69, 9.17) is 0 Å². The van der Waals surface area contributed by atoms with Gasteiger partial charge in [-0.15, -0.1) is 0 Å². The minimum atomic E-state index is -4.81. The van der Waals surface area contributed by atoms with E-state index < -0.39 is 39.7 Å². The molecule has 1 nitrogen and oxygen atoms in total. The number of benzene rings is 1. The normalized spacial score (nSPS) is 12.6. The van der Waals surface area contributed by atoms with Crippen LogP contribution in [0.15, 0.2) is 24.3 Å². The highest BCUT2D eigenvalue weighted by molar-refractivity contribution is 8.14. The van der Waals surface area contributed by atoms with Crippen LogP contribution in [0.4, 0.5) is 26.3 Å². The number of halogens is 6. The molecule has 0 amide bonds. The van der Waals surface area contributed by atoms with Gasteiger partial charge in [0.1, 0.15) is 0 Å². The van der Waals surface area contributed by atoms with E-state index in [9.17, 15) is 31.1 Å². The van der Waals surface area contributed by atoms with E-state index in [0.29, 0.717) is 12.1 Å². The number of hydrogen-bond acceptors (Lipinski definition) is 2. The van der Waals surface area contributed by atoms with Crippen molar-refractivity contribution in [3.8, 4) is 0 Å². The fourth-order valence-electron chi connectivity index (χ4n) is 0.987. The number of thioether (sulfide) groups is 1. The first-order valence-corrected chi connectivity index (χ1v) is 4.88. The fraction of sp³-hybridized carbons (Fsp3) is 0.222. The molecule has 0 aliphatic heterocycles. The Morgan fingerprint density at radius 1 is 1.06 bits per heavy atom. The lowest BCUT2D eigenvalue weighted by Crippen LogP contribution is -2.09. The summed E-state index contributed by atoms with van der Waals surface area (Å²) in [6, 6.07) is 2.85. The summed E-state index contributed by atoms with van der Waals surface area (Å²) in [4.78, 5) is 11.0. The molecule has 8 heteroatoms. The van der Waals surface area contributed by atoms with Gasteiger partial charge in [0.15, 0.2) is 0 Å². The summed E-state index contributed by atoms with van der Waals surface area (Å²) in [6.45, 7) is 0. The average Bonchev–Trinajstić information content (AvgIpc) is 2.14. The third-order valence-corrected chi connectivity index (χ3v) is 2.29. The van der Waals surface area contributed by atoms with E-state index >= 15 is 0 Å². The summed E-state index contributed by atoms with van der Waals surface area (Å²) in [5.74, 6) is 0. The zero-order chi connectivity index (χ0) is 13.3. The van der Waals surface area contributed by atoms with Crippen molar-refractivity contribution in [1.29, 1.82) is 0 Å². The van der Waals surface area contributed by atoms with Crippen molar-refractivity contribution in [2.24, 2.45) is 0 Å². The van der Waals surface area contributed by atoms with E-state index in [1.807, 2.05) is 0 Å². The minimum Gasteiger partial charge on any atom is -0.281 e. The summed E-state index contributed by atoms with van der Waals surface area (Å²) in [7, 11) is 0. The summed E-state index contributed by atoms with van der Waals surface area (Å²) >= 11 is -0.977. The van der Waals surface area contributed by atoms with E-state index in [2.05, 4.69) is 0 Å². The zero-order valence-electron chi connectivity index (χ0n) is 7.89. The topological polar surface area (TPSA) is 17.1 Å². The maximum atomic E-state index is 12.2. The van der Waals surface area contributed by atoms with Crippen LogP contribution < -0.4 is 0 Å². The van der Waals surface area contributed by atoms with Gasteiger partial charge in [-0.1, -0.05) is 12.1 Å². The van der Waals surface area contributed by atoms with Gasteiger partial charge in [-0.2, -0.15) is 26.3 Å². The molecule has 0 aliphatic carbocycles.